The summed E-state index contributed by atoms with van der Waals surface area (Å²) in [5.74, 6) is -2.55. The lowest BCUT2D eigenvalue weighted by atomic mass is 10.1. The molecule has 1 unspecified atom stereocenters. The van der Waals surface area contributed by atoms with Crippen molar-refractivity contribution in [2.45, 2.75) is 12.5 Å². The van der Waals surface area contributed by atoms with Crippen LogP contribution in [0.4, 0.5) is 18.9 Å². The number of carbonyl (C=O) groups is 1. The van der Waals surface area contributed by atoms with Crippen LogP contribution in [0.15, 0.2) is 12.1 Å². The van der Waals surface area contributed by atoms with Crippen LogP contribution in [-0.2, 0) is 4.79 Å². The lowest BCUT2D eigenvalue weighted by Crippen LogP contribution is -2.19. The van der Waals surface area contributed by atoms with Gasteiger partial charge in [0.25, 0.3) is 0 Å². The number of ether oxygens (including phenoxy) is 1. The zero-order valence-corrected chi connectivity index (χ0v) is 9.29. The van der Waals surface area contributed by atoms with Gasteiger partial charge in [-0.3, -0.25) is 0 Å². The minimum absolute atomic E-state index is 0.251. The largest absolute Gasteiger partial charge is 0.573 e. The van der Waals surface area contributed by atoms with E-state index in [-0.39, 0.29) is 5.02 Å². The van der Waals surface area contributed by atoms with Gasteiger partial charge in [0.05, 0.1) is 5.69 Å². The van der Waals surface area contributed by atoms with Crippen LogP contribution in [0.1, 0.15) is 11.7 Å². The summed E-state index contributed by atoms with van der Waals surface area (Å²) in [4.78, 5) is 10.5. The molecular weight excluding hydrogens is 279 g/mol. The Labute approximate surface area is 104 Å². The maximum absolute atomic E-state index is 12.0. The van der Waals surface area contributed by atoms with E-state index in [1.165, 1.54) is 0 Å². The Kier molecular flexibility index (Phi) is 3.92. The van der Waals surface area contributed by atoms with Crippen molar-refractivity contribution in [1.82, 2.24) is 0 Å². The second kappa shape index (κ2) is 4.91. The third-order valence-corrected chi connectivity index (χ3v) is 2.11. The highest BCUT2D eigenvalue weighted by Crippen LogP contribution is 2.36. The first kappa shape index (κ1) is 14.4. The molecule has 0 fully saturated rings. The number of benzene rings is 1. The molecule has 18 heavy (non-hydrogen) atoms. The zero-order valence-electron chi connectivity index (χ0n) is 8.53. The van der Waals surface area contributed by atoms with Crippen LogP contribution in [0.2, 0.25) is 5.02 Å². The molecule has 0 saturated heterocycles. The second-order valence-corrected chi connectivity index (χ2v) is 3.63. The fourth-order valence-corrected chi connectivity index (χ4v) is 1.40. The summed E-state index contributed by atoms with van der Waals surface area (Å²) in [5.41, 5.74) is 4.17. The normalized spacial score (nSPS) is 13.2. The highest BCUT2D eigenvalue weighted by Gasteiger charge is 2.33. The molecule has 0 amide bonds. The molecule has 1 aromatic carbocycles. The molecule has 4 N–H and O–H groups in total. The molecule has 0 aliphatic carbocycles. The van der Waals surface area contributed by atoms with Crippen LogP contribution in [0.3, 0.4) is 0 Å². The maximum atomic E-state index is 12.0. The van der Waals surface area contributed by atoms with E-state index in [1.807, 2.05) is 0 Å². The molecule has 0 bridgehead atoms. The van der Waals surface area contributed by atoms with E-state index in [0.29, 0.717) is 0 Å². The average molecular weight is 286 g/mol. The monoisotopic (exact) mass is 285 g/mol. The number of aliphatic carboxylic acids is 1. The van der Waals surface area contributed by atoms with Crippen molar-refractivity contribution >= 4 is 23.3 Å². The van der Waals surface area contributed by atoms with Crippen molar-refractivity contribution in [1.29, 1.82) is 0 Å². The summed E-state index contributed by atoms with van der Waals surface area (Å²) in [6.45, 7) is 0. The first-order valence-corrected chi connectivity index (χ1v) is 4.75. The molecule has 100 valence electrons. The number of nitrogens with two attached hydrogens (primary N) is 1. The van der Waals surface area contributed by atoms with E-state index in [1.54, 1.807) is 0 Å². The van der Waals surface area contributed by atoms with E-state index < -0.39 is 35.4 Å². The molecule has 9 heteroatoms. The Morgan fingerprint density at radius 3 is 2.44 bits per heavy atom. The summed E-state index contributed by atoms with van der Waals surface area (Å²) in [7, 11) is 0. The van der Waals surface area contributed by atoms with Gasteiger partial charge < -0.3 is 20.7 Å². The summed E-state index contributed by atoms with van der Waals surface area (Å²) in [6.07, 6.45) is -7.11. The van der Waals surface area contributed by atoms with Gasteiger partial charge >= 0.3 is 12.3 Å². The van der Waals surface area contributed by atoms with Crippen LogP contribution in [0.5, 0.6) is 5.75 Å². The van der Waals surface area contributed by atoms with Gasteiger partial charge in [-0.25, -0.2) is 4.79 Å². The zero-order chi connectivity index (χ0) is 14.1. The van der Waals surface area contributed by atoms with E-state index in [0.717, 1.165) is 12.1 Å². The highest BCUT2D eigenvalue weighted by atomic mass is 35.5. The Hall–Kier alpha value is -1.67. The standard InChI is InChI=1S/C9H7ClF3NO4/c10-3-1-4(7(15)8(16)17)6(14)5(2-3)18-9(11,12)13/h1-2,7,15H,14H2,(H,16,17). The van der Waals surface area contributed by atoms with Crippen molar-refractivity contribution in [3.63, 3.8) is 0 Å². The van der Waals surface area contributed by atoms with Gasteiger partial charge in [0.15, 0.2) is 11.9 Å². The summed E-state index contributed by atoms with van der Waals surface area (Å²) in [5, 5.41) is 17.6. The van der Waals surface area contributed by atoms with Crippen molar-refractivity contribution in [3.8, 4) is 5.75 Å². The van der Waals surface area contributed by atoms with E-state index >= 15 is 0 Å². The molecule has 5 nitrogen and oxygen atoms in total. The number of aliphatic hydroxyl groups excluding tert-OH is 1. The number of aliphatic hydroxyl groups is 1. The van der Waals surface area contributed by atoms with Crippen molar-refractivity contribution in [2.24, 2.45) is 0 Å². The minimum atomic E-state index is -5.01. The number of alkyl halides is 3. The Balaban J connectivity index is 3.26. The number of rotatable bonds is 3. The van der Waals surface area contributed by atoms with Crippen LogP contribution in [0, 0.1) is 0 Å². The quantitative estimate of drug-likeness (QED) is 0.738. The maximum Gasteiger partial charge on any atom is 0.573 e. The summed E-state index contributed by atoms with van der Waals surface area (Å²) >= 11 is 5.49. The molecule has 0 heterocycles. The van der Waals surface area contributed by atoms with E-state index in [4.69, 9.17) is 22.4 Å². The highest BCUT2D eigenvalue weighted by molar-refractivity contribution is 6.31. The smallest absolute Gasteiger partial charge is 0.479 e. The molecule has 0 aliphatic rings. The second-order valence-electron chi connectivity index (χ2n) is 3.20. The average Bonchev–Trinajstić information content (AvgIpc) is 2.19. The van der Waals surface area contributed by atoms with Crippen LogP contribution >= 0.6 is 11.6 Å². The number of anilines is 1. The van der Waals surface area contributed by atoms with Gasteiger partial charge in [-0.2, -0.15) is 0 Å². The lowest BCUT2D eigenvalue weighted by molar-refractivity contribution is -0.274. The predicted molar refractivity (Wildman–Crippen MR) is 55.1 cm³/mol. The predicted octanol–water partition coefficient (Wildman–Crippen LogP) is 1.94. The number of nitrogen functional groups attached to an aromatic ring is 1. The van der Waals surface area contributed by atoms with E-state index in [2.05, 4.69) is 4.74 Å². The molecule has 1 rings (SSSR count). The van der Waals surface area contributed by atoms with Gasteiger partial charge in [0, 0.05) is 16.7 Å². The Morgan fingerprint density at radius 1 is 1.44 bits per heavy atom. The lowest BCUT2D eigenvalue weighted by Gasteiger charge is -2.16. The fourth-order valence-electron chi connectivity index (χ4n) is 1.18. The van der Waals surface area contributed by atoms with Crippen LogP contribution in [0.25, 0.3) is 0 Å². The summed E-state index contributed by atoms with van der Waals surface area (Å²) < 4.78 is 39.7. The van der Waals surface area contributed by atoms with Crippen LogP contribution < -0.4 is 10.5 Å². The molecule has 0 saturated carbocycles. The third-order valence-electron chi connectivity index (χ3n) is 1.89. The van der Waals surface area contributed by atoms with Crippen LogP contribution in [-0.4, -0.2) is 22.5 Å². The number of hydrogen-bond donors (Lipinski definition) is 3. The first-order valence-electron chi connectivity index (χ1n) is 4.37. The Morgan fingerprint density at radius 2 is 2.00 bits per heavy atom. The fraction of sp³-hybridized carbons (Fsp3) is 0.222. The topological polar surface area (TPSA) is 92.8 Å². The van der Waals surface area contributed by atoms with E-state index in [9.17, 15) is 23.1 Å². The molecule has 0 aromatic heterocycles. The molecule has 0 radical (unpaired) electrons. The number of carboxylic acids is 1. The molecule has 0 spiro atoms. The molecule has 0 aliphatic heterocycles. The molecular formula is C9H7ClF3NO4. The van der Waals surface area contributed by atoms with Gasteiger partial charge in [-0.15, -0.1) is 13.2 Å². The summed E-state index contributed by atoms with van der Waals surface area (Å²) in [6, 6.07) is 1.71. The Bertz CT molecular complexity index is 478. The van der Waals surface area contributed by atoms with Crippen molar-refractivity contribution in [2.75, 3.05) is 5.73 Å². The first-order chi connectivity index (χ1) is 8.11. The van der Waals surface area contributed by atoms with Gasteiger partial charge in [-0.1, -0.05) is 11.6 Å². The number of halogens is 4. The third kappa shape index (κ3) is 3.41. The van der Waals surface area contributed by atoms with Crippen molar-refractivity contribution < 1.29 is 32.9 Å². The van der Waals surface area contributed by atoms with Gasteiger partial charge in [-0.05, 0) is 6.07 Å². The van der Waals surface area contributed by atoms with Gasteiger partial charge in [0.1, 0.15) is 0 Å². The van der Waals surface area contributed by atoms with Gasteiger partial charge in [0.2, 0.25) is 0 Å². The molecule has 1 atom stereocenters. The molecule has 1 aromatic rings. The number of carboxylic acid groups (broad SMARTS) is 1. The van der Waals surface area contributed by atoms with Crippen molar-refractivity contribution in [3.05, 3.63) is 22.7 Å². The number of hydrogen-bond acceptors (Lipinski definition) is 4. The minimum Gasteiger partial charge on any atom is -0.479 e. The SMILES string of the molecule is Nc1c(OC(F)(F)F)cc(Cl)cc1C(O)C(=O)O.